The number of carbonyl (C=O) groups excluding carboxylic acids is 3. The quantitative estimate of drug-likeness (QED) is 0.427. The number of ether oxygens (including phenoxy) is 1. The molecule has 8 nitrogen and oxygen atoms in total. The zero-order chi connectivity index (χ0) is 15.4. The number of esters is 1. The molecule has 1 saturated heterocycles. The summed E-state index contributed by atoms with van der Waals surface area (Å²) in [6.45, 7) is 2.34. The number of hydrogen-bond acceptors (Lipinski definition) is 6. The van der Waals surface area contributed by atoms with Crippen LogP contribution in [0.2, 0.25) is 0 Å². The zero-order valence-electron chi connectivity index (χ0n) is 11.5. The maximum absolute atomic E-state index is 11.7. The minimum absolute atomic E-state index is 0.0308. The maximum atomic E-state index is 11.7. The Kier molecular flexibility index (Phi) is 4.89. The third kappa shape index (κ3) is 3.21. The van der Waals surface area contributed by atoms with Crippen molar-refractivity contribution in [3.8, 4) is 0 Å². The number of nitrogens with zero attached hydrogens (tertiary/aromatic N) is 4. The molecule has 1 aliphatic rings. The van der Waals surface area contributed by atoms with E-state index in [1.54, 1.807) is 6.92 Å². The fourth-order valence-electron chi connectivity index (χ4n) is 2.07. The average molecular weight is 315 g/mol. The Morgan fingerprint density at radius 3 is 2.52 bits per heavy atom. The molecule has 2 rings (SSSR count). The molecule has 0 spiro atoms. The highest BCUT2D eigenvalue weighted by Gasteiger charge is 2.29. The molecule has 1 aliphatic heterocycles. The first kappa shape index (κ1) is 15.4. The van der Waals surface area contributed by atoms with Gasteiger partial charge < -0.3 is 4.74 Å². The van der Waals surface area contributed by atoms with E-state index in [1.807, 2.05) is 0 Å². The van der Waals surface area contributed by atoms with Crippen molar-refractivity contribution in [2.24, 2.45) is 0 Å². The molecule has 0 unspecified atom stereocenters. The minimum Gasteiger partial charge on any atom is -0.461 e. The standard InChI is InChI=1S/C12H15ClN4O4/c1-2-21-12(20)11-8(7-13)17(15-14-11)6-5-16-9(18)3-4-10(16)19/h2-7H2,1H3. The lowest BCUT2D eigenvalue weighted by molar-refractivity contribution is -0.138. The van der Waals surface area contributed by atoms with Crippen LogP contribution in [0.1, 0.15) is 35.9 Å². The summed E-state index contributed by atoms with van der Waals surface area (Å²) in [5.74, 6) is -0.952. The highest BCUT2D eigenvalue weighted by molar-refractivity contribution is 6.17. The number of halogens is 1. The molecule has 1 aromatic rings. The van der Waals surface area contributed by atoms with Gasteiger partial charge in [-0.2, -0.15) is 0 Å². The number of rotatable bonds is 6. The second kappa shape index (κ2) is 6.66. The van der Waals surface area contributed by atoms with Crippen molar-refractivity contribution < 1.29 is 19.1 Å². The molecule has 2 heterocycles. The minimum atomic E-state index is -0.590. The van der Waals surface area contributed by atoms with E-state index >= 15 is 0 Å². The molecule has 0 saturated carbocycles. The molecule has 21 heavy (non-hydrogen) atoms. The van der Waals surface area contributed by atoms with E-state index in [1.165, 1.54) is 9.58 Å². The predicted molar refractivity (Wildman–Crippen MR) is 71.5 cm³/mol. The Bertz CT molecular complexity index is 556. The van der Waals surface area contributed by atoms with Gasteiger partial charge >= 0.3 is 5.97 Å². The lowest BCUT2D eigenvalue weighted by Crippen LogP contribution is -2.32. The van der Waals surface area contributed by atoms with Crippen molar-refractivity contribution in [1.29, 1.82) is 0 Å². The van der Waals surface area contributed by atoms with Crippen LogP contribution in [0.4, 0.5) is 0 Å². The Balaban J connectivity index is 2.08. The number of carbonyl (C=O) groups is 3. The van der Waals surface area contributed by atoms with Gasteiger partial charge in [-0.15, -0.1) is 16.7 Å². The second-order valence-electron chi connectivity index (χ2n) is 4.40. The van der Waals surface area contributed by atoms with E-state index < -0.39 is 5.97 Å². The van der Waals surface area contributed by atoms with Crippen molar-refractivity contribution in [2.75, 3.05) is 13.2 Å². The molecule has 2 amide bonds. The third-order valence-electron chi connectivity index (χ3n) is 3.12. The fraction of sp³-hybridized carbons (Fsp3) is 0.583. The van der Waals surface area contributed by atoms with Crippen molar-refractivity contribution in [3.63, 3.8) is 0 Å². The number of hydrogen-bond donors (Lipinski definition) is 0. The van der Waals surface area contributed by atoms with Gasteiger partial charge in [-0.25, -0.2) is 9.48 Å². The lowest BCUT2D eigenvalue weighted by Gasteiger charge is -2.14. The van der Waals surface area contributed by atoms with Gasteiger partial charge in [-0.05, 0) is 6.92 Å². The van der Waals surface area contributed by atoms with E-state index in [-0.39, 0.29) is 55.9 Å². The van der Waals surface area contributed by atoms with Crippen LogP contribution < -0.4 is 0 Å². The second-order valence-corrected chi connectivity index (χ2v) is 4.67. The molecule has 0 radical (unpaired) electrons. The average Bonchev–Trinajstić information content (AvgIpc) is 3.01. The van der Waals surface area contributed by atoms with E-state index in [4.69, 9.17) is 16.3 Å². The zero-order valence-corrected chi connectivity index (χ0v) is 12.3. The van der Waals surface area contributed by atoms with Crippen molar-refractivity contribution in [2.45, 2.75) is 32.2 Å². The van der Waals surface area contributed by atoms with E-state index in [9.17, 15) is 14.4 Å². The first-order valence-corrected chi connectivity index (χ1v) is 7.10. The first-order valence-electron chi connectivity index (χ1n) is 6.57. The van der Waals surface area contributed by atoms with Gasteiger partial charge in [0.05, 0.1) is 24.7 Å². The fourth-order valence-corrected chi connectivity index (χ4v) is 2.33. The smallest absolute Gasteiger partial charge is 0.360 e. The van der Waals surface area contributed by atoms with Crippen LogP contribution in [0.5, 0.6) is 0 Å². The van der Waals surface area contributed by atoms with Crippen LogP contribution in [0.25, 0.3) is 0 Å². The molecular formula is C12H15ClN4O4. The highest BCUT2D eigenvalue weighted by Crippen LogP contribution is 2.14. The highest BCUT2D eigenvalue weighted by atomic mass is 35.5. The van der Waals surface area contributed by atoms with Gasteiger partial charge in [0.1, 0.15) is 0 Å². The summed E-state index contributed by atoms with van der Waals surface area (Å²) in [5.41, 5.74) is 0.472. The maximum Gasteiger partial charge on any atom is 0.360 e. The van der Waals surface area contributed by atoms with Crippen molar-refractivity contribution in [3.05, 3.63) is 11.4 Å². The molecule has 0 atom stereocenters. The largest absolute Gasteiger partial charge is 0.461 e. The molecular weight excluding hydrogens is 300 g/mol. The topological polar surface area (TPSA) is 94.4 Å². The lowest BCUT2D eigenvalue weighted by atomic mass is 10.3. The molecule has 0 aliphatic carbocycles. The Hall–Kier alpha value is -1.96. The number of likely N-dealkylation sites (tertiary alicyclic amines) is 1. The molecule has 0 N–H and O–H groups in total. The number of imide groups is 1. The SMILES string of the molecule is CCOC(=O)c1nnn(CCN2C(=O)CCC2=O)c1CCl. The molecule has 1 aromatic heterocycles. The Labute approximate surface area is 126 Å². The van der Waals surface area contributed by atoms with Gasteiger partial charge in [0, 0.05) is 19.4 Å². The molecule has 0 bridgehead atoms. The van der Waals surface area contributed by atoms with Crippen LogP contribution in [0.3, 0.4) is 0 Å². The summed E-state index contributed by atoms with van der Waals surface area (Å²) in [6.07, 6.45) is 0.485. The number of aromatic nitrogens is 3. The summed E-state index contributed by atoms with van der Waals surface area (Å²) in [7, 11) is 0. The molecule has 1 fully saturated rings. The van der Waals surface area contributed by atoms with Crippen LogP contribution in [0.15, 0.2) is 0 Å². The summed E-state index contributed by atoms with van der Waals surface area (Å²) in [6, 6.07) is 0. The van der Waals surface area contributed by atoms with E-state index in [2.05, 4.69) is 10.3 Å². The van der Waals surface area contributed by atoms with Gasteiger partial charge in [-0.3, -0.25) is 14.5 Å². The molecule has 114 valence electrons. The van der Waals surface area contributed by atoms with Crippen molar-refractivity contribution in [1.82, 2.24) is 19.9 Å². The number of alkyl halides is 1. The monoisotopic (exact) mass is 314 g/mol. The van der Waals surface area contributed by atoms with Gasteiger partial charge in [-0.1, -0.05) is 5.21 Å². The Morgan fingerprint density at radius 2 is 1.95 bits per heavy atom. The first-order chi connectivity index (χ1) is 10.1. The number of amides is 2. The molecule has 0 aromatic carbocycles. The summed E-state index contributed by atoms with van der Waals surface area (Å²) in [5, 5.41) is 7.59. The third-order valence-corrected chi connectivity index (χ3v) is 3.38. The van der Waals surface area contributed by atoms with Crippen LogP contribution in [-0.4, -0.2) is 50.8 Å². The summed E-state index contributed by atoms with van der Waals surface area (Å²) in [4.78, 5) is 35.9. The van der Waals surface area contributed by atoms with Gasteiger partial charge in [0.15, 0.2) is 5.69 Å². The normalized spacial score (nSPS) is 14.9. The van der Waals surface area contributed by atoms with Crippen molar-refractivity contribution >= 4 is 29.4 Å². The summed E-state index contributed by atoms with van der Waals surface area (Å²) < 4.78 is 6.28. The predicted octanol–water partition coefficient (Wildman–Crippen LogP) is 0.343. The van der Waals surface area contributed by atoms with E-state index in [0.717, 1.165) is 0 Å². The van der Waals surface area contributed by atoms with Crippen LogP contribution >= 0.6 is 11.6 Å². The van der Waals surface area contributed by atoms with E-state index in [0.29, 0.717) is 5.69 Å². The van der Waals surface area contributed by atoms with Gasteiger partial charge in [0.25, 0.3) is 0 Å². The summed E-state index contributed by atoms with van der Waals surface area (Å²) >= 11 is 5.82. The van der Waals surface area contributed by atoms with Crippen LogP contribution in [-0.2, 0) is 26.8 Å². The Morgan fingerprint density at radius 1 is 1.29 bits per heavy atom. The van der Waals surface area contributed by atoms with Gasteiger partial charge in [0.2, 0.25) is 11.8 Å². The van der Waals surface area contributed by atoms with Crippen LogP contribution in [0, 0.1) is 0 Å². The molecule has 9 heteroatoms.